The maximum atomic E-state index is 11.2. The number of fused-ring (bicyclic) bond motifs is 1. The lowest BCUT2D eigenvalue weighted by molar-refractivity contribution is 0.111. The molecule has 3 aromatic rings. The Bertz CT molecular complexity index is 809. The van der Waals surface area contributed by atoms with Gasteiger partial charge in [0.1, 0.15) is 16.4 Å². The Morgan fingerprint density at radius 2 is 2.21 bits per heavy atom. The standard InChI is InChI=1S/C12H8N4O2S/c17-7-8-11(14-9-3-1-2-6-16(8)9)19-12-13-5-4-10(18)15-12/h1-7H,(H,13,15,18). The number of H-pyrrole nitrogens is 1. The molecule has 6 nitrogen and oxygen atoms in total. The van der Waals surface area contributed by atoms with Crippen LogP contribution in [0.3, 0.4) is 0 Å². The topological polar surface area (TPSA) is 80.1 Å². The van der Waals surface area contributed by atoms with Crippen LogP contribution in [-0.4, -0.2) is 25.6 Å². The van der Waals surface area contributed by atoms with E-state index in [1.54, 1.807) is 16.7 Å². The second kappa shape index (κ2) is 4.69. The highest BCUT2D eigenvalue weighted by Gasteiger charge is 2.13. The van der Waals surface area contributed by atoms with Crippen molar-refractivity contribution in [2.45, 2.75) is 10.2 Å². The van der Waals surface area contributed by atoms with E-state index in [-0.39, 0.29) is 5.56 Å². The number of hydrogen-bond donors (Lipinski definition) is 1. The molecule has 3 heterocycles. The summed E-state index contributed by atoms with van der Waals surface area (Å²) in [6.07, 6.45) is 3.91. The summed E-state index contributed by atoms with van der Waals surface area (Å²) in [7, 11) is 0. The summed E-state index contributed by atoms with van der Waals surface area (Å²) in [4.78, 5) is 33.3. The number of aromatic amines is 1. The Morgan fingerprint density at radius 3 is 3.00 bits per heavy atom. The molecule has 1 N–H and O–H groups in total. The number of nitrogens with one attached hydrogen (secondary N) is 1. The van der Waals surface area contributed by atoms with E-state index >= 15 is 0 Å². The van der Waals surface area contributed by atoms with Gasteiger partial charge in [-0.25, -0.2) is 9.97 Å². The van der Waals surface area contributed by atoms with Gasteiger partial charge < -0.3 is 4.98 Å². The molecular formula is C12H8N4O2S. The second-order valence-corrected chi connectivity index (χ2v) is 4.67. The van der Waals surface area contributed by atoms with Crippen molar-refractivity contribution in [1.82, 2.24) is 19.4 Å². The highest BCUT2D eigenvalue weighted by atomic mass is 32.2. The molecule has 0 aromatic carbocycles. The lowest BCUT2D eigenvalue weighted by Gasteiger charge is -1.97. The zero-order valence-electron chi connectivity index (χ0n) is 9.61. The molecule has 0 aliphatic heterocycles. The van der Waals surface area contributed by atoms with E-state index in [0.717, 1.165) is 18.0 Å². The Balaban J connectivity index is 2.10. The van der Waals surface area contributed by atoms with E-state index in [0.29, 0.717) is 21.5 Å². The number of pyridine rings is 1. The van der Waals surface area contributed by atoms with Gasteiger partial charge in [-0.15, -0.1) is 0 Å². The predicted molar refractivity (Wildman–Crippen MR) is 69.6 cm³/mol. The Hall–Kier alpha value is -2.41. The molecule has 94 valence electrons. The van der Waals surface area contributed by atoms with Gasteiger partial charge in [-0.3, -0.25) is 14.0 Å². The Morgan fingerprint density at radius 1 is 1.32 bits per heavy atom. The molecule has 0 bridgehead atoms. The van der Waals surface area contributed by atoms with Crippen molar-refractivity contribution in [3.05, 3.63) is 52.7 Å². The predicted octanol–water partition coefficient (Wildman–Crippen LogP) is 1.38. The van der Waals surface area contributed by atoms with Crippen LogP contribution in [0.1, 0.15) is 10.5 Å². The number of nitrogens with zero attached hydrogens (tertiary/aromatic N) is 3. The lowest BCUT2D eigenvalue weighted by Crippen LogP contribution is -2.05. The quantitative estimate of drug-likeness (QED) is 0.575. The van der Waals surface area contributed by atoms with E-state index < -0.39 is 0 Å². The maximum absolute atomic E-state index is 11.2. The summed E-state index contributed by atoms with van der Waals surface area (Å²) < 4.78 is 1.69. The summed E-state index contributed by atoms with van der Waals surface area (Å²) >= 11 is 1.15. The molecule has 3 aromatic heterocycles. The molecule has 0 fully saturated rings. The molecule has 0 unspecified atom stereocenters. The van der Waals surface area contributed by atoms with Gasteiger partial charge in [0.15, 0.2) is 11.4 Å². The number of aldehydes is 1. The molecule has 0 saturated heterocycles. The zero-order valence-corrected chi connectivity index (χ0v) is 10.4. The summed E-state index contributed by atoms with van der Waals surface area (Å²) in [5.41, 5.74) is 0.867. The first kappa shape index (κ1) is 11.7. The number of aromatic nitrogens is 4. The van der Waals surface area contributed by atoms with Gasteiger partial charge in [-0.2, -0.15) is 0 Å². The number of rotatable bonds is 3. The molecule has 0 radical (unpaired) electrons. The van der Waals surface area contributed by atoms with E-state index in [1.165, 1.54) is 12.3 Å². The fourth-order valence-corrected chi connectivity index (χ4v) is 2.51. The second-order valence-electron chi connectivity index (χ2n) is 3.69. The lowest BCUT2D eigenvalue weighted by atomic mass is 10.4. The fourth-order valence-electron chi connectivity index (χ4n) is 1.67. The molecule has 0 aliphatic carbocycles. The summed E-state index contributed by atoms with van der Waals surface area (Å²) in [6.45, 7) is 0. The molecule has 0 aliphatic rings. The van der Waals surface area contributed by atoms with Crippen LogP contribution in [0.4, 0.5) is 0 Å². The van der Waals surface area contributed by atoms with Crippen molar-refractivity contribution in [1.29, 1.82) is 0 Å². The van der Waals surface area contributed by atoms with Crippen LogP contribution < -0.4 is 5.56 Å². The van der Waals surface area contributed by atoms with Crippen LogP contribution in [0.2, 0.25) is 0 Å². The van der Waals surface area contributed by atoms with E-state index in [1.807, 2.05) is 12.1 Å². The summed E-state index contributed by atoms with van der Waals surface area (Å²) in [6, 6.07) is 6.79. The Labute approximate surface area is 111 Å². The van der Waals surface area contributed by atoms with Crippen LogP contribution in [0.5, 0.6) is 0 Å². The van der Waals surface area contributed by atoms with Crippen LogP contribution in [0.25, 0.3) is 5.65 Å². The highest BCUT2D eigenvalue weighted by molar-refractivity contribution is 7.99. The van der Waals surface area contributed by atoms with Gasteiger partial charge in [-0.1, -0.05) is 6.07 Å². The van der Waals surface area contributed by atoms with Crippen molar-refractivity contribution < 1.29 is 4.79 Å². The van der Waals surface area contributed by atoms with Crippen molar-refractivity contribution >= 4 is 23.7 Å². The SMILES string of the molecule is O=Cc1c(Sc2nccc(=O)[nH]2)nc2ccccn12. The summed E-state index contributed by atoms with van der Waals surface area (Å²) in [5, 5.41) is 0.912. The monoisotopic (exact) mass is 272 g/mol. The minimum absolute atomic E-state index is 0.242. The molecule has 0 spiro atoms. The minimum atomic E-state index is -0.242. The number of carbonyl (C=O) groups excluding carboxylic acids is 1. The van der Waals surface area contributed by atoms with Gasteiger partial charge in [-0.05, 0) is 23.9 Å². The van der Waals surface area contributed by atoms with Crippen LogP contribution in [0.15, 0.2) is 51.6 Å². The average molecular weight is 272 g/mol. The first-order valence-electron chi connectivity index (χ1n) is 5.43. The first-order valence-corrected chi connectivity index (χ1v) is 6.25. The first-order chi connectivity index (χ1) is 9.28. The van der Waals surface area contributed by atoms with E-state index in [9.17, 15) is 9.59 Å². The molecule has 0 atom stereocenters. The van der Waals surface area contributed by atoms with Gasteiger partial charge in [0.2, 0.25) is 0 Å². The maximum Gasteiger partial charge on any atom is 0.251 e. The van der Waals surface area contributed by atoms with Crippen LogP contribution >= 0.6 is 11.8 Å². The largest absolute Gasteiger partial charge is 0.301 e. The van der Waals surface area contributed by atoms with Gasteiger partial charge in [0.05, 0.1) is 0 Å². The van der Waals surface area contributed by atoms with Crippen molar-refractivity contribution in [3.63, 3.8) is 0 Å². The molecule has 19 heavy (non-hydrogen) atoms. The minimum Gasteiger partial charge on any atom is -0.301 e. The van der Waals surface area contributed by atoms with Crippen molar-refractivity contribution in [2.75, 3.05) is 0 Å². The van der Waals surface area contributed by atoms with Crippen LogP contribution in [-0.2, 0) is 0 Å². The number of hydrogen-bond acceptors (Lipinski definition) is 5. The average Bonchev–Trinajstić information content (AvgIpc) is 2.75. The zero-order chi connectivity index (χ0) is 13.2. The third-order valence-electron chi connectivity index (χ3n) is 2.49. The third kappa shape index (κ3) is 2.15. The molecule has 3 rings (SSSR count). The van der Waals surface area contributed by atoms with Gasteiger partial charge in [0, 0.05) is 18.5 Å². The molecule has 0 saturated carbocycles. The van der Waals surface area contributed by atoms with Crippen molar-refractivity contribution in [3.8, 4) is 0 Å². The number of imidazole rings is 1. The summed E-state index contributed by atoms with van der Waals surface area (Å²) in [5.74, 6) is 0. The molecule has 0 amide bonds. The van der Waals surface area contributed by atoms with Crippen molar-refractivity contribution in [2.24, 2.45) is 0 Å². The smallest absolute Gasteiger partial charge is 0.251 e. The number of carbonyl (C=O) groups is 1. The van der Waals surface area contributed by atoms with E-state index in [2.05, 4.69) is 15.0 Å². The molecular weight excluding hydrogens is 264 g/mol. The Kier molecular flexibility index (Phi) is 2.88. The normalized spacial score (nSPS) is 10.7. The van der Waals surface area contributed by atoms with E-state index in [4.69, 9.17) is 0 Å². The molecule has 7 heteroatoms. The highest BCUT2D eigenvalue weighted by Crippen LogP contribution is 2.26. The van der Waals surface area contributed by atoms with Gasteiger partial charge in [0.25, 0.3) is 5.56 Å². The van der Waals surface area contributed by atoms with Gasteiger partial charge >= 0.3 is 0 Å². The third-order valence-corrected chi connectivity index (χ3v) is 3.38. The fraction of sp³-hybridized carbons (Fsp3) is 0. The van der Waals surface area contributed by atoms with Crippen LogP contribution in [0, 0.1) is 0 Å².